The Morgan fingerprint density at radius 2 is 1.84 bits per heavy atom. The lowest BCUT2D eigenvalue weighted by molar-refractivity contribution is -0.123. The maximum atomic E-state index is 12.9. The molecule has 1 saturated heterocycles. The van der Waals surface area contributed by atoms with Gasteiger partial charge in [0.1, 0.15) is 18.1 Å². The molecule has 0 radical (unpaired) electrons. The lowest BCUT2D eigenvalue weighted by Crippen LogP contribution is -2.32. The number of ether oxygens (including phenoxy) is 2. The Balaban J connectivity index is 1.41. The molecule has 0 bridgehead atoms. The Hall–Kier alpha value is -3.55. The van der Waals surface area contributed by atoms with Crippen LogP contribution in [-0.4, -0.2) is 35.2 Å². The van der Waals surface area contributed by atoms with Crippen molar-refractivity contribution in [1.29, 1.82) is 0 Å². The van der Waals surface area contributed by atoms with Gasteiger partial charge < -0.3 is 9.47 Å². The van der Waals surface area contributed by atoms with E-state index in [2.05, 4.69) is 13.8 Å². The molecule has 0 unspecified atom stereocenters. The van der Waals surface area contributed by atoms with E-state index < -0.39 is 5.97 Å². The van der Waals surface area contributed by atoms with Gasteiger partial charge in [-0.15, -0.1) is 0 Å². The van der Waals surface area contributed by atoms with Crippen molar-refractivity contribution in [2.24, 2.45) is 0 Å². The van der Waals surface area contributed by atoms with E-state index in [9.17, 15) is 14.4 Å². The molecule has 4 rings (SSSR count). The largest absolute Gasteiger partial charge is 0.491 e. The monoisotopic (exact) mass is 535 g/mol. The summed E-state index contributed by atoms with van der Waals surface area (Å²) in [6, 6.07) is 19.3. The van der Waals surface area contributed by atoms with Gasteiger partial charge in [0.2, 0.25) is 0 Å². The smallest absolute Gasteiger partial charge is 0.343 e. The van der Waals surface area contributed by atoms with Gasteiger partial charge in [-0.1, -0.05) is 55.8 Å². The molecule has 0 aromatic heterocycles. The highest BCUT2D eigenvalue weighted by Crippen LogP contribution is 2.33. The van der Waals surface area contributed by atoms with Crippen LogP contribution in [0.15, 0.2) is 71.6 Å². The third-order valence-electron chi connectivity index (χ3n) is 5.66. The molecular weight excluding hydrogens is 510 g/mol. The summed E-state index contributed by atoms with van der Waals surface area (Å²) >= 11 is 6.82. The van der Waals surface area contributed by atoms with Crippen LogP contribution in [0.1, 0.15) is 46.8 Å². The topological polar surface area (TPSA) is 72.9 Å². The van der Waals surface area contributed by atoms with Gasteiger partial charge in [-0.2, -0.15) is 0 Å². The van der Waals surface area contributed by atoms with Crippen molar-refractivity contribution in [3.8, 4) is 11.5 Å². The zero-order valence-electron chi connectivity index (χ0n) is 20.7. The lowest BCUT2D eigenvalue weighted by Gasteiger charge is -2.17. The van der Waals surface area contributed by atoms with Crippen molar-refractivity contribution in [2.75, 3.05) is 13.2 Å². The van der Waals surface area contributed by atoms with Crippen LogP contribution >= 0.6 is 23.4 Å². The highest BCUT2D eigenvalue weighted by atomic mass is 35.5. The molecule has 0 spiro atoms. The Kier molecular flexibility index (Phi) is 8.36. The minimum Gasteiger partial charge on any atom is -0.491 e. The summed E-state index contributed by atoms with van der Waals surface area (Å²) in [5, 5.41) is 0.0836. The van der Waals surface area contributed by atoms with Crippen LogP contribution in [0.3, 0.4) is 0 Å². The van der Waals surface area contributed by atoms with Gasteiger partial charge in [0.25, 0.3) is 11.1 Å². The first-order chi connectivity index (χ1) is 17.7. The first kappa shape index (κ1) is 26.5. The highest BCUT2D eigenvalue weighted by molar-refractivity contribution is 8.18. The molecule has 3 aromatic carbocycles. The van der Waals surface area contributed by atoms with Crippen molar-refractivity contribution < 1.29 is 23.9 Å². The van der Waals surface area contributed by atoms with Gasteiger partial charge in [0.15, 0.2) is 0 Å². The summed E-state index contributed by atoms with van der Waals surface area (Å²) < 4.78 is 11.4. The van der Waals surface area contributed by atoms with Gasteiger partial charge in [-0.25, -0.2) is 4.79 Å². The van der Waals surface area contributed by atoms with Crippen molar-refractivity contribution in [3.63, 3.8) is 0 Å². The van der Waals surface area contributed by atoms with Crippen molar-refractivity contribution in [3.05, 3.63) is 98.9 Å². The summed E-state index contributed by atoms with van der Waals surface area (Å²) in [7, 11) is 0. The normalized spacial score (nSPS) is 14.5. The Labute approximate surface area is 225 Å². The van der Waals surface area contributed by atoms with Crippen LogP contribution in [0.25, 0.3) is 6.08 Å². The molecule has 0 saturated carbocycles. The molecule has 37 heavy (non-hydrogen) atoms. The quantitative estimate of drug-likeness (QED) is 0.174. The number of aryl methyl sites for hydroxylation is 1. The number of nitrogens with zero attached hydrogens (tertiary/aromatic N) is 1. The fourth-order valence-electron chi connectivity index (χ4n) is 3.78. The van der Waals surface area contributed by atoms with Crippen LogP contribution in [-0.2, 0) is 4.79 Å². The second-order valence-corrected chi connectivity index (χ2v) is 10.3. The van der Waals surface area contributed by atoms with Crippen LogP contribution in [0.4, 0.5) is 4.79 Å². The number of amides is 2. The minimum absolute atomic E-state index is 0.144. The molecule has 3 aromatic rings. The second-order valence-electron chi connectivity index (χ2n) is 8.85. The molecule has 1 aliphatic rings. The molecule has 1 heterocycles. The second kappa shape index (κ2) is 11.7. The number of hydrogen-bond donors (Lipinski definition) is 0. The molecule has 6 nitrogen and oxygen atoms in total. The fraction of sp³-hybridized carbons (Fsp3) is 0.207. The van der Waals surface area contributed by atoms with Crippen molar-refractivity contribution in [2.45, 2.75) is 26.7 Å². The number of halogens is 1. The highest BCUT2D eigenvalue weighted by Gasteiger charge is 2.34. The van der Waals surface area contributed by atoms with Crippen LogP contribution < -0.4 is 9.47 Å². The lowest BCUT2D eigenvalue weighted by atomic mass is 10.0. The Morgan fingerprint density at radius 1 is 1.05 bits per heavy atom. The number of esters is 1. The van der Waals surface area contributed by atoms with E-state index in [1.54, 1.807) is 48.5 Å². The average molecular weight is 536 g/mol. The van der Waals surface area contributed by atoms with E-state index >= 15 is 0 Å². The number of rotatable bonds is 8. The third-order valence-corrected chi connectivity index (χ3v) is 6.81. The first-order valence-electron chi connectivity index (χ1n) is 11.8. The summed E-state index contributed by atoms with van der Waals surface area (Å²) in [6.07, 6.45) is 1.61. The maximum Gasteiger partial charge on any atom is 0.343 e. The molecule has 1 fully saturated rings. The SMILES string of the molecule is Cc1ccc(C(C)C)c(OCCN2C(=O)S/C(=C\c3cccc(OC(=O)c4cccc(Cl)c4)c3)C2=O)c1. The Bertz CT molecular complexity index is 1380. The zero-order chi connectivity index (χ0) is 26.5. The molecule has 0 aliphatic carbocycles. The van der Waals surface area contributed by atoms with E-state index in [-0.39, 0.29) is 30.2 Å². The number of benzene rings is 3. The van der Waals surface area contributed by atoms with E-state index in [1.165, 1.54) is 11.0 Å². The number of carbonyl (C=O) groups is 3. The molecule has 2 amide bonds. The van der Waals surface area contributed by atoms with Gasteiger partial charge in [0, 0.05) is 5.02 Å². The van der Waals surface area contributed by atoms with Gasteiger partial charge in [-0.05, 0) is 83.8 Å². The Morgan fingerprint density at radius 3 is 2.59 bits per heavy atom. The number of imide groups is 1. The van der Waals surface area contributed by atoms with Crippen LogP contribution in [0, 0.1) is 6.92 Å². The summed E-state index contributed by atoms with van der Waals surface area (Å²) in [5.41, 5.74) is 3.11. The summed E-state index contributed by atoms with van der Waals surface area (Å²) in [4.78, 5) is 39.4. The third kappa shape index (κ3) is 6.61. The predicted molar refractivity (Wildman–Crippen MR) is 146 cm³/mol. The first-order valence-corrected chi connectivity index (χ1v) is 13.0. The molecule has 190 valence electrons. The molecule has 0 N–H and O–H groups in total. The van der Waals surface area contributed by atoms with E-state index in [4.69, 9.17) is 21.1 Å². The van der Waals surface area contributed by atoms with Gasteiger partial charge >= 0.3 is 5.97 Å². The standard InChI is InChI=1S/C29H26ClNO5S/c1-18(2)24-11-10-19(3)14-25(24)35-13-12-31-27(32)26(37-29(31)34)16-20-6-4-9-23(15-20)36-28(33)21-7-5-8-22(30)17-21/h4-11,14-18H,12-13H2,1-3H3/b26-16-. The number of thioether (sulfide) groups is 1. The van der Waals surface area contributed by atoms with Gasteiger partial charge in [0.05, 0.1) is 17.0 Å². The number of hydrogen-bond acceptors (Lipinski definition) is 6. The summed E-state index contributed by atoms with van der Waals surface area (Å²) in [5.74, 6) is 0.436. The van der Waals surface area contributed by atoms with Crippen LogP contribution in [0.2, 0.25) is 5.02 Å². The predicted octanol–water partition coefficient (Wildman–Crippen LogP) is 7.11. The molecule has 8 heteroatoms. The molecule has 1 aliphatic heterocycles. The van der Waals surface area contributed by atoms with E-state index in [0.29, 0.717) is 26.8 Å². The zero-order valence-corrected chi connectivity index (χ0v) is 22.3. The summed E-state index contributed by atoms with van der Waals surface area (Å²) in [6.45, 7) is 6.51. The van der Waals surface area contributed by atoms with Crippen LogP contribution in [0.5, 0.6) is 11.5 Å². The average Bonchev–Trinajstić information content (AvgIpc) is 3.11. The van der Waals surface area contributed by atoms with Crippen molar-refractivity contribution >= 4 is 46.6 Å². The fourth-order valence-corrected chi connectivity index (χ4v) is 4.84. The van der Waals surface area contributed by atoms with E-state index in [0.717, 1.165) is 28.6 Å². The minimum atomic E-state index is -0.547. The van der Waals surface area contributed by atoms with Gasteiger partial charge in [-0.3, -0.25) is 14.5 Å². The molecule has 0 atom stereocenters. The number of carbonyl (C=O) groups excluding carboxylic acids is 3. The van der Waals surface area contributed by atoms with E-state index in [1.807, 2.05) is 25.1 Å². The maximum absolute atomic E-state index is 12.9. The molecular formula is C29H26ClNO5S. The van der Waals surface area contributed by atoms with Crippen molar-refractivity contribution in [1.82, 2.24) is 4.90 Å².